The summed E-state index contributed by atoms with van der Waals surface area (Å²) in [5, 5.41) is 11.6. The first-order valence-corrected chi connectivity index (χ1v) is 12.1. The number of hydrogen-bond donors (Lipinski definition) is 0. The lowest BCUT2D eigenvalue weighted by molar-refractivity contribution is -0.384. The first-order chi connectivity index (χ1) is 15.3. The molecule has 0 saturated carbocycles. The second kappa shape index (κ2) is 8.56. The Kier molecular flexibility index (Phi) is 5.81. The molecular weight excluding hydrogens is 452 g/mol. The highest BCUT2D eigenvalue weighted by molar-refractivity contribution is 7.97. The zero-order chi connectivity index (χ0) is 22.9. The number of hydrogen-bond acceptors (Lipinski definition) is 7. The number of carbonyl (C=O) groups is 1. The molecule has 1 aliphatic rings. The number of anilines is 1. The minimum Gasteiger partial charge on any atom is -0.494 e. The summed E-state index contributed by atoms with van der Waals surface area (Å²) in [6, 6.07) is 15.3. The first-order valence-electron chi connectivity index (χ1n) is 9.63. The van der Waals surface area contributed by atoms with Crippen molar-refractivity contribution in [3.05, 3.63) is 91.5 Å². The Bertz CT molecular complexity index is 1300. The fraction of sp³-hybridized carbons (Fsp3) is 0.136. The van der Waals surface area contributed by atoms with Crippen LogP contribution in [0, 0.1) is 10.1 Å². The van der Waals surface area contributed by atoms with Gasteiger partial charge in [0.15, 0.2) is 5.37 Å². The summed E-state index contributed by atoms with van der Waals surface area (Å²) in [6.45, 7) is 2.30. The Balaban J connectivity index is 1.89. The summed E-state index contributed by atoms with van der Waals surface area (Å²) in [6.07, 6.45) is 1.35. The molecule has 0 unspecified atom stereocenters. The monoisotopic (exact) mass is 470 g/mol. The van der Waals surface area contributed by atoms with Crippen molar-refractivity contribution in [3.63, 3.8) is 0 Å². The lowest BCUT2D eigenvalue weighted by Gasteiger charge is -2.23. The second-order valence-corrected chi connectivity index (χ2v) is 9.83. The molecule has 1 fully saturated rings. The van der Waals surface area contributed by atoms with E-state index in [1.54, 1.807) is 41.8 Å². The molecule has 10 heteroatoms. The van der Waals surface area contributed by atoms with Gasteiger partial charge in [-0.25, -0.2) is 8.42 Å². The van der Waals surface area contributed by atoms with Crippen LogP contribution in [-0.2, 0) is 14.6 Å². The maximum atomic E-state index is 13.5. The van der Waals surface area contributed by atoms with Crippen molar-refractivity contribution in [1.29, 1.82) is 0 Å². The van der Waals surface area contributed by atoms with Crippen molar-refractivity contribution < 1.29 is 22.9 Å². The number of thiophene rings is 1. The van der Waals surface area contributed by atoms with E-state index >= 15 is 0 Å². The van der Waals surface area contributed by atoms with E-state index in [0.29, 0.717) is 22.9 Å². The number of ether oxygens (including phenoxy) is 1. The molecule has 2 aromatic carbocycles. The molecule has 0 bridgehead atoms. The van der Waals surface area contributed by atoms with Crippen molar-refractivity contribution in [2.75, 3.05) is 11.5 Å². The SMILES string of the molecule is CCOc1ccc(N2C(=O)/C(=C\c3cccs3)S(=O)(=O)[C@@H]2c2cccc([N+](=O)[O-])c2)cc1. The Morgan fingerprint density at radius 2 is 1.91 bits per heavy atom. The predicted molar refractivity (Wildman–Crippen MR) is 122 cm³/mol. The zero-order valence-corrected chi connectivity index (χ0v) is 18.5. The van der Waals surface area contributed by atoms with Crippen LogP contribution in [0.15, 0.2) is 70.9 Å². The van der Waals surface area contributed by atoms with E-state index < -0.39 is 26.0 Å². The van der Waals surface area contributed by atoms with Gasteiger partial charge < -0.3 is 4.74 Å². The van der Waals surface area contributed by atoms with Gasteiger partial charge in [0, 0.05) is 22.7 Å². The lowest BCUT2D eigenvalue weighted by Crippen LogP contribution is -2.29. The van der Waals surface area contributed by atoms with Gasteiger partial charge >= 0.3 is 0 Å². The number of sulfone groups is 1. The normalized spacial score (nSPS) is 18.8. The van der Waals surface area contributed by atoms with E-state index in [1.165, 1.54) is 41.7 Å². The summed E-state index contributed by atoms with van der Waals surface area (Å²) in [4.78, 5) is 25.5. The first kappa shape index (κ1) is 21.7. The van der Waals surface area contributed by atoms with E-state index in [2.05, 4.69) is 0 Å². The molecule has 1 aliphatic heterocycles. The number of benzene rings is 2. The molecule has 2 heterocycles. The zero-order valence-electron chi connectivity index (χ0n) is 16.9. The molecule has 164 valence electrons. The Labute approximate surface area is 188 Å². The van der Waals surface area contributed by atoms with Gasteiger partial charge in [-0.15, -0.1) is 11.3 Å². The van der Waals surface area contributed by atoms with E-state index in [1.807, 2.05) is 6.92 Å². The average molecular weight is 471 g/mol. The van der Waals surface area contributed by atoms with Crippen LogP contribution >= 0.6 is 11.3 Å². The summed E-state index contributed by atoms with van der Waals surface area (Å²) in [5.74, 6) is -0.119. The third kappa shape index (κ3) is 3.90. The van der Waals surface area contributed by atoms with Crippen molar-refractivity contribution in [2.45, 2.75) is 12.3 Å². The second-order valence-electron chi connectivity index (χ2n) is 6.88. The van der Waals surface area contributed by atoms with Gasteiger partial charge in [0.05, 0.1) is 11.5 Å². The molecule has 8 nitrogen and oxygen atoms in total. The fourth-order valence-corrected chi connectivity index (χ4v) is 6.10. The van der Waals surface area contributed by atoms with Crippen molar-refractivity contribution >= 4 is 44.5 Å². The minimum atomic E-state index is -4.18. The van der Waals surface area contributed by atoms with Crippen LogP contribution in [0.3, 0.4) is 0 Å². The molecule has 1 aromatic heterocycles. The molecular formula is C22H18N2O6S2. The van der Waals surface area contributed by atoms with Gasteiger partial charge in [0.25, 0.3) is 11.6 Å². The van der Waals surface area contributed by atoms with Gasteiger partial charge in [-0.3, -0.25) is 19.8 Å². The van der Waals surface area contributed by atoms with Crippen LogP contribution in [0.4, 0.5) is 11.4 Å². The van der Waals surface area contributed by atoms with E-state index in [0.717, 1.165) is 4.90 Å². The minimum absolute atomic E-state index is 0.135. The van der Waals surface area contributed by atoms with Crippen LogP contribution in [0.5, 0.6) is 5.75 Å². The number of nitro groups is 1. The van der Waals surface area contributed by atoms with Crippen LogP contribution in [0.25, 0.3) is 6.08 Å². The van der Waals surface area contributed by atoms with Gasteiger partial charge in [0.2, 0.25) is 9.84 Å². The van der Waals surface area contributed by atoms with Gasteiger partial charge in [-0.2, -0.15) is 0 Å². The Hall–Kier alpha value is -3.50. The molecule has 0 N–H and O–H groups in total. The molecule has 1 amide bonds. The highest BCUT2D eigenvalue weighted by Crippen LogP contribution is 2.44. The van der Waals surface area contributed by atoms with E-state index in [9.17, 15) is 23.3 Å². The van der Waals surface area contributed by atoms with Crippen molar-refractivity contribution in [3.8, 4) is 5.75 Å². The number of rotatable bonds is 6. The number of amides is 1. The van der Waals surface area contributed by atoms with Crippen LogP contribution in [0.2, 0.25) is 0 Å². The highest BCUT2D eigenvalue weighted by Gasteiger charge is 2.50. The largest absolute Gasteiger partial charge is 0.494 e. The summed E-state index contributed by atoms with van der Waals surface area (Å²) in [7, 11) is -4.18. The average Bonchev–Trinajstić information content (AvgIpc) is 3.35. The third-order valence-electron chi connectivity index (χ3n) is 4.87. The topological polar surface area (TPSA) is 107 Å². The number of carbonyl (C=O) groups excluding carboxylic acids is 1. The van der Waals surface area contributed by atoms with Crippen LogP contribution in [-0.4, -0.2) is 25.9 Å². The summed E-state index contributed by atoms with van der Waals surface area (Å²) < 4.78 is 32.5. The molecule has 4 rings (SSSR count). The fourth-order valence-electron chi connectivity index (χ4n) is 3.49. The van der Waals surface area contributed by atoms with Gasteiger partial charge in [0.1, 0.15) is 10.7 Å². The standard InChI is InChI=1S/C22H18N2O6S2/c1-2-30-18-10-8-16(9-11-18)23-21(25)20(14-19-7-4-12-31-19)32(28,29)22(23)15-5-3-6-17(13-15)24(26)27/h3-14,22H,2H2,1H3/b20-14+/t22-/m1/s1. The smallest absolute Gasteiger partial charge is 0.271 e. The molecule has 32 heavy (non-hydrogen) atoms. The molecule has 0 spiro atoms. The molecule has 3 aromatic rings. The van der Waals surface area contributed by atoms with E-state index in [4.69, 9.17) is 4.74 Å². The molecule has 0 radical (unpaired) electrons. The molecule has 1 saturated heterocycles. The van der Waals surface area contributed by atoms with Crippen LogP contribution < -0.4 is 9.64 Å². The van der Waals surface area contributed by atoms with Crippen LogP contribution in [0.1, 0.15) is 22.7 Å². The Morgan fingerprint density at radius 1 is 1.16 bits per heavy atom. The molecule has 0 aliphatic carbocycles. The quantitative estimate of drug-likeness (QED) is 0.297. The summed E-state index contributed by atoms with van der Waals surface area (Å²) in [5.41, 5.74) is 0.219. The van der Waals surface area contributed by atoms with Crippen molar-refractivity contribution in [2.24, 2.45) is 0 Å². The van der Waals surface area contributed by atoms with Gasteiger partial charge in [-0.1, -0.05) is 18.2 Å². The predicted octanol–water partition coefficient (Wildman–Crippen LogP) is 4.56. The lowest BCUT2D eigenvalue weighted by atomic mass is 10.1. The third-order valence-corrected chi connectivity index (χ3v) is 7.67. The number of nitro benzene ring substituents is 1. The highest BCUT2D eigenvalue weighted by atomic mass is 32.2. The number of nitrogens with zero attached hydrogens (tertiary/aromatic N) is 2. The summed E-state index contributed by atoms with van der Waals surface area (Å²) >= 11 is 1.30. The van der Waals surface area contributed by atoms with E-state index in [-0.39, 0.29) is 16.2 Å². The number of non-ortho nitro benzene ring substituents is 1. The van der Waals surface area contributed by atoms with Gasteiger partial charge in [-0.05, 0) is 54.3 Å². The maximum Gasteiger partial charge on any atom is 0.271 e. The van der Waals surface area contributed by atoms with Crippen molar-refractivity contribution in [1.82, 2.24) is 0 Å². The maximum absolute atomic E-state index is 13.5. The Morgan fingerprint density at radius 3 is 2.53 bits per heavy atom. The molecule has 1 atom stereocenters.